The number of nitrogens with zero attached hydrogens (tertiary/aromatic N) is 4. The van der Waals surface area contributed by atoms with Gasteiger partial charge in [0, 0.05) is 16.6 Å². The molecule has 2 heterocycles. The second-order valence-corrected chi connectivity index (χ2v) is 7.73. The Morgan fingerprint density at radius 3 is 2.50 bits per heavy atom. The molecule has 2 N–H and O–H groups in total. The number of hydrogen-bond donors (Lipinski definition) is 2. The van der Waals surface area contributed by atoms with Crippen molar-refractivity contribution >= 4 is 51.9 Å². The largest absolute Gasteiger partial charge is 0.330 e. The number of nitrogens with one attached hydrogen (secondary N) is 2. The summed E-state index contributed by atoms with van der Waals surface area (Å²) in [6.07, 6.45) is 1.78. The molecule has 0 atom stereocenters. The minimum atomic E-state index is 0.494. The van der Waals surface area contributed by atoms with Crippen molar-refractivity contribution in [3.05, 3.63) is 57.1 Å². The molecule has 6 nitrogen and oxygen atoms in total. The van der Waals surface area contributed by atoms with E-state index in [-0.39, 0.29) is 0 Å². The molecule has 0 radical (unpaired) electrons. The maximum Gasteiger partial charge on any atom is 0.175 e. The molecule has 9 heteroatoms. The lowest BCUT2D eigenvalue weighted by Gasteiger charge is -2.11. The first-order chi connectivity index (χ1) is 13.3. The van der Waals surface area contributed by atoms with E-state index in [9.17, 15) is 0 Å². The third-order valence-corrected chi connectivity index (χ3v) is 5.40. The van der Waals surface area contributed by atoms with Crippen LogP contribution in [0.3, 0.4) is 0 Å². The van der Waals surface area contributed by atoms with Gasteiger partial charge >= 0.3 is 0 Å². The number of benzene rings is 1. The van der Waals surface area contributed by atoms with E-state index < -0.39 is 0 Å². The number of thiocarbonyl (C=S) groups is 1. The van der Waals surface area contributed by atoms with Gasteiger partial charge in [-0.05, 0) is 57.6 Å². The Bertz CT molecular complexity index is 1020. The first kappa shape index (κ1) is 20.6. The second-order valence-electron chi connectivity index (χ2n) is 6.48. The number of aryl methyl sites for hydroxylation is 2. The van der Waals surface area contributed by atoms with Crippen LogP contribution < -0.4 is 10.6 Å². The van der Waals surface area contributed by atoms with Gasteiger partial charge in [-0.2, -0.15) is 10.2 Å². The lowest BCUT2D eigenvalue weighted by molar-refractivity contribution is 0.640. The molecule has 28 heavy (non-hydrogen) atoms. The van der Waals surface area contributed by atoms with E-state index in [1.54, 1.807) is 12.3 Å². The van der Waals surface area contributed by atoms with E-state index in [0.717, 1.165) is 40.6 Å². The third kappa shape index (κ3) is 4.32. The predicted octanol–water partition coefficient (Wildman–Crippen LogP) is 5.19. The highest BCUT2D eigenvalue weighted by Gasteiger charge is 2.15. The molecule has 3 aromatic rings. The van der Waals surface area contributed by atoms with Crippen molar-refractivity contribution in [1.82, 2.24) is 19.6 Å². The van der Waals surface area contributed by atoms with Crippen LogP contribution in [0.5, 0.6) is 0 Å². The Hall–Kier alpha value is -2.09. The van der Waals surface area contributed by atoms with Crippen molar-refractivity contribution < 1.29 is 0 Å². The molecule has 0 unspecified atom stereocenters. The van der Waals surface area contributed by atoms with Crippen LogP contribution in [0.25, 0.3) is 0 Å². The van der Waals surface area contributed by atoms with Gasteiger partial charge in [0.25, 0.3) is 0 Å². The van der Waals surface area contributed by atoms with E-state index in [2.05, 4.69) is 27.8 Å². The number of rotatable bonds is 5. The van der Waals surface area contributed by atoms with Gasteiger partial charge in [-0.25, -0.2) is 0 Å². The molecule has 0 bridgehead atoms. The molecule has 0 aliphatic rings. The lowest BCUT2D eigenvalue weighted by atomic mass is 10.2. The summed E-state index contributed by atoms with van der Waals surface area (Å²) in [6, 6.07) is 5.47. The molecule has 0 amide bonds. The van der Waals surface area contributed by atoms with Crippen LogP contribution in [-0.2, 0) is 13.1 Å². The van der Waals surface area contributed by atoms with Crippen LogP contribution in [-0.4, -0.2) is 24.7 Å². The molecular weight excluding hydrogens is 415 g/mol. The zero-order valence-corrected chi connectivity index (χ0v) is 18.5. The summed E-state index contributed by atoms with van der Waals surface area (Å²) < 4.78 is 3.81. The molecule has 1 aromatic carbocycles. The average molecular weight is 437 g/mol. The number of halogens is 2. The summed E-state index contributed by atoms with van der Waals surface area (Å²) in [4.78, 5) is 0. The Balaban J connectivity index is 1.76. The summed E-state index contributed by atoms with van der Waals surface area (Å²) in [7, 11) is 0. The summed E-state index contributed by atoms with van der Waals surface area (Å²) in [5, 5.41) is 17.1. The van der Waals surface area contributed by atoms with Gasteiger partial charge in [0.2, 0.25) is 0 Å². The highest BCUT2D eigenvalue weighted by molar-refractivity contribution is 7.80. The minimum absolute atomic E-state index is 0.494. The molecule has 0 aliphatic carbocycles. The SMILES string of the molecule is CCn1ncc(NC(=S)Nc2c(C)nn(Cc3ccc(Cl)cc3Cl)c2C)c1C. The van der Waals surface area contributed by atoms with E-state index in [1.165, 1.54) is 0 Å². The zero-order valence-electron chi connectivity index (χ0n) is 16.2. The topological polar surface area (TPSA) is 59.7 Å². The van der Waals surface area contributed by atoms with Gasteiger partial charge in [-0.3, -0.25) is 9.36 Å². The van der Waals surface area contributed by atoms with Crippen LogP contribution in [0.2, 0.25) is 10.0 Å². The summed E-state index contributed by atoms with van der Waals surface area (Å²) >= 11 is 17.8. The molecule has 0 fully saturated rings. The molecule has 2 aromatic heterocycles. The quantitative estimate of drug-likeness (QED) is 0.538. The second kappa shape index (κ2) is 8.51. The Labute approximate surface area is 179 Å². The van der Waals surface area contributed by atoms with Crippen LogP contribution in [0, 0.1) is 20.8 Å². The standard InChI is InChI=1S/C19H22Cl2N6S/c1-5-26-12(3)17(9-22-26)23-19(28)24-18-11(2)25-27(13(18)4)10-14-6-7-15(20)8-16(14)21/h6-9H,5,10H2,1-4H3,(H2,23,24,28). The van der Waals surface area contributed by atoms with E-state index in [0.29, 0.717) is 21.7 Å². The van der Waals surface area contributed by atoms with Crippen molar-refractivity contribution in [2.24, 2.45) is 0 Å². The molecule has 0 spiro atoms. The normalized spacial score (nSPS) is 10.9. The van der Waals surface area contributed by atoms with Crippen LogP contribution in [0.15, 0.2) is 24.4 Å². The smallest absolute Gasteiger partial charge is 0.175 e. The van der Waals surface area contributed by atoms with Crippen molar-refractivity contribution in [2.45, 2.75) is 40.8 Å². The van der Waals surface area contributed by atoms with Gasteiger partial charge in [0.1, 0.15) is 0 Å². The van der Waals surface area contributed by atoms with Gasteiger partial charge in [0.05, 0.1) is 41.2 Å². The minimum Gasteiger partial charge on any atom is -0.330 e. The number of anilines is 2. The lowest BCUT2D eigenvalue weighted by Crippen LogP contribution is -2.20. The van der Waals surface area contributed by atoms with Crippen molar-refractivity contribution in [3.63, 3.8) is 0 Å². The molecule has 0 saturated heterocycles. The number of aromatic nitrogens is 4. The van der Waals surface area contributed by atoms with Gasteiger partial charge < -0.3 is 10.6 Å². The summed E-state index contributed by atoms with van der Waals surface area (Å²) in [5.41, 5.74) is 5.57. The molecular formula is C19H22Cl2N6S. The summed E-state index contributed by atoms with van der Waals surface area (Å²) in [6.45, 7) is 9.35. The molecule has 3 rings (SSSR count). The predicted molar refractivity (Wildman–Crippen MR) is 120 cm³/mol. The fourth-order valence-corrected chi connectivity index (χ4v) is 3.68. The Morgan fingerprint density at radius 2 is 1.86 bits per heavy atom. The van der Waals surface area contributed by atoms with E-state index in [1.807, 2.05) is 42.3 Å². The van der Waals surface area contributed by atoms with Gasteiger partial charge in [-0.15, -0.1) is 0 Å². The van der Waals surface area contributed by atoms with Crippen LogP contribution >= 0.6 is 35.4 Å². The fourth-order valence-electron chi connectivity index (χ4n) is 3.00. The highest BCUT2D eigenvalue weighted by atomic mass is 35.5. The molecule has 148 valence electrons. The zero-order chi connectivity index (χ0) is 20.4. The van der Waals surface area contributed by atoms with Gasteiger partial charge in [0.15, 0.2) is 5.11 Å². The summed E-state index contributed by atoms with van der Waals surface area (Å²) in [5.74, 6) is 0. The first-order valence-corrected chi connectivity index (χ1v) is 10.0. The van der Waals surface area contributed by atoms with Crippen molar-refractivity contribution in [3.8, 4) is 0 Å². The number of hydrogen-bond acceptors (Lipinski definition) is 3. The van der Waals surface area contributed by atoms with Crippen LogP contribution in [0.4, 0.5) is 11.4 Å². The maximum atomic E-state index is 6.30. The molecule has 0 saturated carbocycles. The van der Waals surface area contributed by atoms with Crippen LogP contribution in [0.1, 0.15) is 29.6 Å². The van der Waals surface area contributed by atoms with Crippen molar-refractivity contribution in [2.75, 3.05) is 10.6 Å². The average Bonchev–Trinajstić information content (AvgIpc) is 3.12. The molecule has 0 aliphatic heterocycles. The monoisotopic (exact) mass is 436 g/mol. The Morgan fingerprint density at radius 1 is 1.11 bits per heavy atom. The van der Waals surface area contributed by atoms with Gasteiger partial charge in [-0.1, -0.05) is 29.3 Å². The Kier molecular flexibility index (Phi) is 6.27. The first-order valence-electron chi connectivity index (χ1n) is 8.88. The maximum absolute atomic E-state index is 6.30. The highest BCUT2D eigenvalue weighted by Crippen LogP contribution is 2.25. The fraction of sp³-hybridized carbons (Fsp3) is 0.316. The van der Waals surface area contributed by atoms with E-state index in [4.69, 9.17) is 35.4 Å². The third-order valence-electron chi connectivity index (χ3n) is 4.61. The van der Waals surface area contributed by atoms with E-state index >= 15 is 0 Å². The van der Waals surface area contributed by atoms with Crippen molar-refractivity contribution in [1.29, 1.82) is 0 Å².